The van der Waals surface area contributed by atoms with E-state index in [0.29, 0.717) is 24.5 Å². The molecular formula is C14H18N4O. The van der Waals surface area contributed by atoms with Crippen molar-refractivity contribution in [3.8, 4) is 0 Å². The molecule has 19 heavy (non-hydrogen) atoms. The Labute approximate surface area is 112 Å². The second-order valence-corrected chi connectivity index (χ2v) is 4.84. The fraction of sp³-hybridized carbons (Fsp3) is 0.429. The highest BCUT2D eigenvalue weighted by Gasteiger charge is 2.21. The van der Waals surface area contributed by atoms with E-state index < -0.39 is 0 Å². The van der Waals surface area contributed by atoms with Gasteiger partial charge in [-0.3, -0.25) is 0 Å². The number of aryl methyl sites for hydroxylation is 1. The minimum Gasteiger partial charge on any atom is -0.406 e. The molecule has 0 unspecified atom stereocenters. The first-order valence-electron chi connectivity index (χ1n) is 6.75. The average molecular weight is 258 g/mol. The summed E-state index contributed by atoms with van der Waals surface area (Å²) in [6, 6.07) is 9.29. The predicted octanol–water partition coefficient (Wildman–Crippen LogP) is 2.63. The summed E-state index contributed by atoms with van der Waals surface area (Å²) in [4.78, 5) is 0. The quantitative estimate of drug-likeness (QED) is 0.834. The van der Waals surface area contributed by atoms with Gasteiger partial charge in [0.15, 0.2) is 0 Å². The molecule has 100 valence electrons. The number of benzene rings is 1. The lowest BCUT2D eigenvalue weighted by molar-refractivity contribution is 0.478. The van der Waals surface area contributed by atoms with Crippen LogP contribution in [-0.2, 0) is 13.0 Å². The van der Waals surface area contributed by atoms with Gasteiger partial charge in [-0.15, -0.1) is 5.10 Å². The summed E-state index contributed by atoms with van der Waals surface area (Å²) in [5, 5.41) is 14.5. The van der Waals surface area contributed by atoms with Gasteiger partial charge in [-0.2, -0.15) is 0 Å². The van der Waals surface area contributed by atoms with Crippen LogP contribution in [0.5, 0.6) is 0 Å². The second-order valence-electron chi connectivity index (χ2n) is 4.84. The third kappa shape index (κ3) is 3.32. The van der Waals surface area contributed by atoms with Crippen molar-refractivity contribution in [2.24, 2.45) is 0 Å². The summed E-state index contributed by atoms with van der Waals surface area (Å²) in [5.41, 5.74) is 2.25. The van der Waals surface area contributed by atoms with Gasteiger partial charge < -0.3 is 15.1 Å². The Balaban J connectivity index is 1.61. The van der Waals surface area contributed by atoms with Crippen molar-refractivity contribution in [2.45, 2.75) is 38.8 Å². The monoisotopic (exact) mass is 258 g/mol. The van der Waals surface area contributed by atoms with Crippen LogP contribution in [0, 0.1) is 0 Å². The lowest BCUT2D eigenvalue weighted by Crippen LogP contribution is -2.15. The summed E-state index contributed by atoms with van der Waals surface area (Å²) in [7, 11) is 0. The van der Waals surface area contributed by atoms with Gasteiger partial charge in [-0.1, -0.05) is 24.2 Å². The molecule has 1 aromatic heterocycles. The molecular weight excluding hydrogens is 240 g/mol. The summed E-state index contributed by atoms with van der Waals surface area (Å²) >= 11 is 0. The summed E-state index contributed by atoms with van der Waals surface area (Å²) in [5.74, 6) is 0.626. The van der Waals surface area contributed by atoms with Crippen molar-refractivity contribution >= 4 is 11.7 Å². The molecule has 0 saturated heterocycles. The van der Waals surface area contributed by atoms with Crippen LogP contribution in [0.2, 0.25) is 0 Å². The van der Waals surface area contributed by atoms with Crippen molar-refractivity contribution < 1.29 is 4.42 Å². The molecule has 5 heteroatoms. The zero-order valence-corrected chi connectivity index (χ0v) is 11.0. The summed E-state index contributed by atoms with van der Waals surface area (Å²) < 4.78 is 5.54. The van der Waals surface area contributed by atoms with Gasteiger partial charge in [0, 0.05) is 11.7 Å². The first kappa shape index (κ1) is 12.2. The Bertz CT molecular complexity index is 548. The van der Waals surface area contributed by atoms with Crippen molar-refractivity contribution in [1.29, 1.82) is 0 Å². The molecule has 0 aliphatic heterocycles. The molecule has 1 saturated carbocycles. The highest BCUT2D eigenvalue weighted by atomic mass is 16.4. The topological polar surface area (TPSA) is 63.0 Å². The Morgan fingerprint density at radius 2 is 2.21 bits per heavy atom. The number of nitrogens with zero attached hydrogens (tertiary/aromatic N) is 2. The molecule has 3 rings (SSSR count). The third-order valence-corrected chi connectivity index (χ3v) is 3.17. The number of rotatable bonds is 6. The second kappa shape index (κ2) is 5.40. The van der Waals surface area contributed by atoms with Crippen molar-refractivity contribution in [2.75, 3.05) is 5.32 Å². The number of hydrogen-bond acceptors (Lipinski definition) is 5. The zero-order valence-electron chi connectivity index (χ0n) is 11.0. The van der Waals surface area contributed by atoms with Gasteiger partial charge in [0.2, 0.25) is 5.89 Å². The van der Waals surface area contributed by atoms with Crippen LogP contribution in [0.1, 0.15) is 31.2 Å². The van der Waals surface area contributed by atoms with E-state index in [9.17, 15) is 0 Å². The summed E-state index contributed by atoms with van der Waals surface area (Å²) in [6.45, 7) is 2.78. The van der Waals surface area contributed by atoms with Gasteiger partial charge >= 0.3 is 6.01 Å². The van der Waals surface area contributed by atoms with Gasteiger partial charge in [0.25, 0.3) is 0 Å². The maximum Gasteiger partial charge on any atom is 0.320 e. The minimum atomic E-state index is 0.445. The lowest BCUT2D eigenvalue weighted by atomic mass is 10.1. The molecule has 0 radical (unpaired) electrons. The van der Waals surface area contributed by atoms with Crippen LogP contribution in [0.3, 0.4) is 0 Å². The normalized spacial score (nSPS) is 14.6. The highest BCUT2D eigenvalue weighted by molar-refractivity contribution is 5.53. The molecule has 1 aliphatic rings. The molecule has 0 bridgehead atoms. The van der Waals surface area contributed by atoms with E-state index in [0.717, 1.165) is 12.1 Å². The molecule has 0 spiro atoms. The number of nitrogens with one attached hydrogen (secondary N) is 2. The largest absolute Gasteiger partial charge is 0.406 e. The summed E-state index contributed by atoms with van der Waals surface area (Å²) in [6.07, 6.45) is 3.52. The van der Waals surface area contributed by atoms with Crippen LogP contribution in [0.15, 0.2) is 28.7 Å². The van der Waals surface area contributed by atoms with Crippen molar-refractivity contribution in [3.05, 3.63) is 35.7 Å². The molecule has 0 amide bonds. The van der Waals surface area contributed by atoms with Crippen molar-refractivity contribution in [3.63, 3.8) is 0 Å². The fourth-order valence-electron chi connectivity index (χ4n) is 1.89. The van der Waals surface area contributed by atoms with E-state index in [1.54, 1.807) is 0 Å². The highest BCUT2D eigenvalue weighted by Crippen LogP contribution is 2.20. The Kier molecular flexibility index (Phi) is 3.46. The Hall–Kier alpha value is -1.88. The molecule has 1 fully saturated rings. The number of aromatic nitrogens is 2. The average Bonchev–Trinajstić information content (AvgIpc) is 3.17. The Morgan fingerprint density at radius 1 is 1.32 bits per heavy atom. The van der Waals surface area contributed by atoms with Gasteiger partial charge in [-0.25, -0.2) is 0 Å². The van der Waals surface area contributed by atoms with E-state index in [-0.39, 0.29) is 0 Å². The fourth-order valence-corrected chi connectivity index (χ4v) is 1.89. The molecule has 2 N–H and O–H groups in total. The zero-order chi connectivity index (χ0) is 13.1. The van der Waals surface area contributed by atoms with Crippen LogP contribution in [0.4, 0.5) is 11.7 Å². The van der Waals surface area contributed by atoms with E-state index in [1.807, 2.05) is 12.1 Å². The van der Waals surface area contributed by atoms with Crippen LogP contribution in [0.25, 0.3) is 0 Å². The van der Waals surface area contributed by atoms with Gasteiger partial charge in [-0.05, 0) is 37.0 Å². The van der Waals surface area contributed by atoms with E-state index in [2.05, 4.69) is 39.9 Å². The third-order valence-electron chi connectivity index (χ3n) is 3.17. The molecule has 1 aromatic carbocycles. The lowest BCUT2D eigenvalue weighted by Gasteiger charge is -2.03. The number of hydrogen-bond donors (Lipinski definition) is 2. The van der Waals surface area contributed by atoms with Crippen molar-refractivity contribution in [1.82, 2.24) is 15.5 Å². The molecule has 0 atom stereocenters. The SMILES string of the molecule is CCc1cccc(Nc2nnc(CNC3CC3)o2)c1. The van der Waals surface area contributed by atoms with Crippen LogP contribution >= 0.6 is 0 Å². The Morgan fingerprint density at radius 3 is 3.00 bits per heavy atom. The minimum absolute atomic E-state index is 0.445. The smallest absolute Gasteiger partial charge is 0.320 e. The molecule has 1 aliphatic carbocycles. The first-order valence-corrected chi connectivity index (χ1v) is 6.75. The van der Waals surface area contributed by atoms with E-state index in [4.69, 9.17) is 4.42 Å². The first-order chi connectivity index (χ1) is 9.33. The van der Waals surface area contributed by atoms with Gasteiger partial charge in [0.1, 0.15) is 0 Å². The standard InChI is InChI=1S/C14H18N4O/c1-2-10-4-3-5-12(8-10)16-14-18-17-13(19-14)9-15-11-6-7-11/h3-5,8,11,15H,2,6-7,9H2,1H3,(H,16,18). The van der Waals surface area contributed by atoms with E-state index >= 15 is 0 Å². The number of anilines is 2. The predicted molar refractivity (Wildman–Crippen MR) is 73.3 cm³/mol. The molecule has 2 aromatic rings. The molecule has 1 heterocycles. The van der Waals surface area contributed by atoms with Gasteiger partial charge in [0.05, 0.1) is 6.54 Å². The van der Waals surface area contributed by atoms with E-state index in [1.165, 1.54) is 18.4 Å². The maximum atomic E-state index is 5.54. The maximum absolute atomic E-state index is 5.54. The van der Waals surface area contributed by atoms with Crippen LogP contribution < -0.4 is 10.6 Å². The molecule has 5 nitrogen and oxygen atoms in total. The van der Waals surface area contributed by atoms with Crippen LogP contribution in [-0.4, -0.2) is 16.2 Å².